The highest BCUT2D eigenvalue weighted by Gasteiger charge is 2.64. The third kappa shape index (κ3) is 4.72. The van der Waals surface area contributed by atoms with Gasteiger partial charge in [-0.15, -0.1) is 11.6 Å². The van der Waals surface area contributed by atoms with E-state index in [0.29, 0.717) is 33.3 Å². The summed E-state index contributed by atoms with van der Waals surface area (Å²) in [7, 11) is 0. The van der Waals surface area contributed by atoms with E-state index in [0.717, 1.165) is 6.07 Å². The number of alkyl halides is 1. The largest absolute Gasteiger partial charge is 0.491 e. The number of hydrogen-bond donors (Lipinski definition) is 1. The van der Waals surface area contributed by atoms with Gasteiger partial charge in [-0.05, 0) is 67.8 Å². The zero-order valence-electron chi connectivity index (χ0n) is 21.8. The Bertz CT molecular complexity index is 1480. The van der Waals surface area contributed by atoms with Crippen molar-refractivity contribution in [1.29, 1.82) is 0 Å². The van der Waals surface area contributed by atoms with E-state index in [-0.39, 0.29) is 36.1 Å². The zero-order valence-corrected chi connectivity index (χ0v) is 24.1. The predicted molar refractivity (Wildman–Crippen MR) is 152 cm³/mol. The van der Waals surface area contributed by atoms with Crippen molar-refractivity contribution < 1.29 is 23.1 Å². The Morgan fingerprint density at radius 2 is 1.82 bits per heavy atom. The molecule has 0 radical (unpaired) electrons. The monoisotopic (exact) mass is 606 g/mol. The van der Waals surface area contributed by atoms with Crippen molar-refractivity contribution in [3.63, 3.8) is 0 Å². The molecule has 0 bridgehead atoms. The summed E-state index contributed by atoms with van der Waals surface area (Å²) in [5.41, 5.74) is -0.233. The Morgan fingerprint density at radius 3 is 2.52 bits per heavy atom. The summed E-state index contributed by atoms with van der Waals surface area (Å²) in [6.45, 7) is 3.63. The molecule has 1 spiro atoms. The Balaban J connectivity index is 1.90. The number of nitrogens with zero attached hydrogens (tertiary/aromatic N) is 1. The van der Waals surface area contributed by atoms with Crippen LogP contribution in [0.15, 0.2) is 54.6 Å². The van der Waals surface area contributed by atoms with Gasteiger partial charge in [-0.1, -0.05) is 41.4 Å². The number of benzene rings is 3. The fraction of sp³-hybridized carbons (Fsp3) is 0.333. The number of carbonyl (C=O) groups excluding carboxylic acids is 2. The van der Waals surface area contributed by atoms with E-state index in [1.165, 1.54) is 11.0 Å². The van der Waals surface area contributed by atoms with Crippen LogP contribution in [0.5, 0.6) is 5.75 Å². The normalized spacial score (nSPS) is 22.1. The minimum absolute atomic E-state index is 0.0453. The molecule has 2 heterocycles. The van der Waals surface area contributed by atoms with Crippen molar-refractivity contribution in [2.75, 3.05) is 17.7 Å². The molecular weight excluding hydrogens is 581 g/mol. The van der Waals surface area contributed by atoms with Crippen molar-refractivity contribution in [3.8, 4) is 5.75 Å². The number of nitrogens with one attached hydrogen (secondary N) is 1. The number of amides is 2. The van der Waals surface area contributed by atoms with Gasteiger partial charge in [0.05, 0.1) is 17.7 Å². The van der Waals surface area contributed by atoms with Crippen LogP contribution in [0.1, 0.15) is 55.3 Å². The summed E-state index contributed by atoms with van der Waals surface area (Å²) in [4.78, 5) is 29.8. The van der Waals surface area contributed by atoms with Gasteiger partial charge in [-0.2, -0.15) is 0 Å². The highest BCUT2D eigenvalue weighted by molar-refractivity contribution is 6.31. The standard InChI is InChI=1S/C30H27Cl3F2N2O3/c1-16(2)40-24-10-9-22(34)27(35)26(24)28-30(20-8-7-19(33)14-23(20)36-29(30)39)21(17-5-3-6-18(32)13-17)15-25(38)37(28)12-4-11-31/h3,5-10,13-14,16,21,28H,4,11-12,15H2,1-2H3,(H,36,39)/t21-,28-,30-/m0/s1. The van der Waals surface area contributed by atoms with Crippen LogP contribution in [0.25, 0.3) is 0 Å². The first-order chi connectivity index (χ1) is 19.1. The first-order valence-electron chi connectivity index (χ1n) is 13.0. The second-order valence-electron chi connectivity index (χ2n) is 10.3. The SMILES string of the molecule is CC(C)Oc1ccc(F)c(F)c1[C@@H]1N(CCCCl)C(=O)C[C@@H](c2cccc(Cl)c2)[C@]12C(=O)Nc1cc(Cl)ccc12. The second kappa shape index (κ2) is 11.2. The molecule has 0 saturated carbocycles. The fourth-order valence-corrected chi connectivity index (χ4v) is 6.60. The number of halogens is 5. The molecule has 5 nitrogen and oxygen atoms in total. The Kier molecular flexibility index (Phi) is 8.01. The molecule has 40 heavy (non-hydrogen) atoms. The lowest BCUT2D eigenvalue weighted by atomic mass is 9.58. The third-order valence-electron chi connectivity index (χ3n) is 7.56. The molecule has 5 rings (SSSR count). The van der Waals surface area contributed by atoms with Crippen molar-refractivity contribution in [2.45, 2.75) is 50.2 Å². The topological polar surface area (TPSA) is 58.6 Å². The first kappa shape index (κ1) is 28.7. The number of hydrogen-bond acceptors (Lipinski definition) is 3. The van der Waals surface area contributed by atoms with E-state index in [4.69, 9.17) is 39.5 Å². The third-order valence-corrected chi connectivity index (χ3v) is 8.29. The molecular formula is C30H27Cl3F2N2O3. The Morgan fingerprint density at radius 1 is 1.07 bits per heavy atom. The van der Waals surface area contributed by atoms with Gasteiger partial charge < -0.3 is 15.0 Å². The molecule has 2 aliphatic rings. The molecule has 1 saturated heterocycles. The molecule has 0 aliphatic carbocycles. The maximum Gasteiger partial charge on any atom is 0.238 e. The minimum atomic E-state index is -1.59. The Hall–Kier alpha value is -2.87. The molecule has 3 aromatic rings. The van der Waals surface area contributed by atoms with Gasteiger partial charge in [-0.3, -0.25) is 9.59 Å². The van der Waals surface area contributed by atoms with Crippen LogP contribution in [0.4, 0.5) is 14.5 Å². The van der Waals surface area contributed by atoms with Crippen LogP contribution in [-0.2, 0) is 15.0 Å². The lowest BCUT2D eigenvalue weighted by Crippen LogP contribution is -2.58. The molecule has 1 N–H and O–H groups in total. The van der Waals surface area contributed by atoms with E-state index >= 15 is 8.78 Å². The zero-order chi connectivity index (χ0) is 28.8. The molecule has 0 unspecified atom stereocenters. The van der Waals surface area contributed by atoms with Crippen molar-refractivity contribution in [1.82, 2.24) is 4.90 Å². The highest BCUT2D eigenvalue weighted by atomic mass is 35.5. The number of ether oxygens (including phenoxy) is 1. The van der Waals surface area contributed by atoms with Crippen LogP contribution < -0.4 is 10.1 Å². The first-order valence-corrected chi connectivity index (χ1v) is 14.3. The minimum Gasteiger partial charge on any atom is -0.491 e. The fourth-order valence-electron chi connectivity index (χ4n) is 6.11. The molecule has 3 aromatic carbocycles. The van der Waals surface area contributed by atoms with E-state index in [1.807, 2.05) is 0 Å². The van der Waals surface area contributed by atoms with Crippen molar-refractivity contribution >= 4 is 52.3 Å². The van der Waals surface area contributed by atoms with Crippen LogP contribution in [0, 0.1) is 11.6 Å². The average molecular weight is 608 g/mol. The molecule has 0 aromatic heterocycles. The second-order valence-corrected chi connectivity index (χ2v) is 11.5. The van der Waals surface area contributed by atoms with Gasteiger partial charge in [0.25, 0.3) is 0 Å². The lowest BCUT2D eigenvalue weighted by molar-refractivity contribution is -0.145. The van der Waals surface area contributed by atoms with Crippen molar-refractivity contribution in [3.05, 3.63) is 93.0 Å². The molecule has 3 atom stereocenters. The molecule has 2 amide bonds. The smallest absolute Gasteiger partial charge is 0.238 e. The van der Waals surface area contributed by atoms with Gasteiger partial charge in [0.2, 0.25) is 11.8 Å². The summed E-state index contributed by atoms with van der Waals surface area (Å²) in [5.74, 6) is -3.63. The quantitative estimate of drug-likeness (QED) is 0.281. The number of rotatable bonds is 7. The van der Waals surface area contributed by atoms with E-state index < -0.39 is 41.0 Å². The van der Waals surface area contributed by atoms with Crippen molar-refractivity contribution in [2.24, 2.45) is 0 Å². The van der Waals surface area contributed by atoms with Gasteiger partial charge >= 0.3 is 0 Å². The summed E-state index contributed by atoms with van der Waals surface area (Å²) in [5, 5.41) is 3.72. The number of likely N-dealkylation sites (tertiary alicyclic amines) is 1. The predicted octanol–water partition coefficient (Wildman–Crippen LogP) is 7.64. The van der Waals surface area contributed by atoms with E-state index in [2.05, 4.69) is 5.32 Å². The van der Waals surface area contributed by atoms with Gasteiger partial charge in [-0.25, -0.2) is 8.78 Å². The highest BCUT2D eigenvalue weighted by Crippen LogP contribution is 2.61. The average Bonchev–Trinajstić information content (AvgIpc) is 3.18. The number of piperidine rings is 1. The van der Waals surface area contributed by atoms with Crippen LogP contribution >= 0.6 is 34.8 Å². The maximum atomic E-state index is 16.1. The van der Waals surface area contributed by atoms with E-state index in [1.54, 1.807) is 56.3 Å². The van der Waals surface area contributed by atoms with Crippen LogP contribution in [0.3, 0.4) is 0 Å². The van der Waals surface area contributed by atoms with E-state index in [9.17, 15) is 9.59 Å². The van der Waals surface area contributed by atoms with Crippen LogP contribution in [0.2, 0.25) is 10.0 Å². The number of anilines is 1. The molecule has 210 valence electrons. The summed E-state index contributed by atoms with van der Waals surface area (Å²) >= 11 is 18.7. The lowest BCUT2D eigenvalue weighted by Gasteiger charge is -2.51. The summed E-state index contributed by atoms with van der Waals surface area (Å²) in [6, 6.07) is 12.9. The summed E-state index contributed by atoms with van der Waals surface area (Å²) < 4.78 is 37.1. The molecule has 10 heteroatoms. The molecule has 1 fully saturated rings. The van der Waals surface area contributed by atoms with Crippen LogP contribution in [-0.4, -0.2) is 35.2 Å². The molecule has 2 aliphatic heterocycles. The van der Waals surface area contributed by atoms with Gasteiger partial charge in [0, 0.05) is 40.5 Å². The Labute approximate surface area is 246 Å². The number of carbonyl (C=O) groups is 2. The maximum absolute atomic E-state index is 16.1. The number of fused-ring (bicyclic) bond motifs is 2. The van der Waals surface area contributed by atoms with Gasteiger partial charge in [0.15, 0.2) is 11.6 Å². The van der Waals surface area contributed by atoms with Gasteiger partial charge in [0.1, 0.15) is 11.2 Å². The summed E-state index contributed by atoms with van der Waals surface area (Å²) in [6.07, 6.45) is -0.109.